The predicted octanol–water partition coefficient (Wildman–Crippen LogP) is 5.83. The van der Waals surface area contributed by atoms with Crippen LogP contribution < -0.4 is 4.72 Å². The van der Waals surface area contributed by atoms with E-state index in [1.165, 1.54) is 30.3 Å². The predicted molar refractivity (Wildman–Crippen MR) is 99.1 cm³/mol. The van der Waals surface area contributed by atoms with Crippen LogP contribution >= 0.6 is 11.6 Å². The summed E-state index contributed by atoms with van der Waals surface area (Å²) < 4.78 is 67.0. The Kier molecular flexibility index (Phi) is 5.17. The Balaban J connectivity index is 2.06. The molecule has 0 unspecified atom stereocenters. The van der Waals surface area contributed by atoms with Crippen LogP contribution in [0.5, 0.6) is 0 Å². The number of alkyl halides is 3. The molecule has 0 amide bonds. The van der Waals surface area contributed by atoms with E-state index in [0.717, 1.165) is 12.1 Å². The second kappa shape index (κ2) is 7.25. The van der Waals surface area contributed by atoms with Crippen LogP contribution in [0.4, 0.5) is 18.9 Å². The van der Waals surface area contributed by atoms with E-state index < -0.39 is 26.8 Å². The zero-order chi connectivity index (χ0) is 19.7. The van der Waals surface area contributed by atoms with Crippen LogP contribution in [0.2, 0.25) is 5.02 Å². The Bertz CT molecular complexity index is 1070. The normalized spacial score (nSPS) is 12.0. The summed E-state index contributed by atoms with van der Waals surface area (Å²) in [6.07, 6.45) is -4.62. The van der Waals surface area contributed by atoms with E-state index in [4.69, 9.17) is 11.6 Å². The number of halogens is 4. The fraction of sp³-hybridized carbons (Fsp3) is 0.0526. The number of hydrogen-bond acceptors (Lipinski definition) is 2. The van der Waals surface area contributed by atoms with E-state index in [1.54, 1.807) is 30.3 Å². The van der Waals surface area contributed by atoms with Gasteiger partial charge in [-0.25, -0.2) is 8.42 Å². The molecule has 3 aromatic carbocycles. The lowest BCUT2D eigenvalue weighted by molar-refractivity contribution is -0.137. The smallest absolute Gasteiger partial charge is 0.279 e. The average molecular weight is 412 g/mol. The summed E-state index contributed by atoms with van der Waals surface area (Å²) in [5.41, 5.74) is -0.323. The maximum absolute atomic E-state index is 13.1. The van der Waals surface area contributed by atoms with Crippen molar-refractivity contribution < 1.29 is 21.6 Å². The molecule has 0 aliphatic carbocycles. The van der Waals surface area contributed by atoms with Gasteiger partial charge in [0.15, 0.2) is 0 Å². The summed E-state index contributed by atoms with van der Waals surface area (Å²) in [6, 6.07) is 17.4. The van der Waals surface area contributed by atoms with Crippen LogP contribution in [0.15, 0.2) is 77.7 Å². The number of benzene rings is 3. The third-order valence-corrected chi connectivity index (χ3v) is 5.52. The van der Waals surface area contributed by atoms with E-state index in [9.17, 15) is 21.6 Å². The Morgan fingerprint density at radius 2 is 1.48 bits per heavy atom. The van der Waals surface area contributed by atoms with Crippen LogP contribution in [0.25, 0.3) is 11.1 Å². The van der Waals surface area contributed by atoms with Crippen LogP contribution in [-0.4, -0.2) is 8.42 Å². The van der Waals surface area contributed by atoms with Gasteiger partial charge in [-0.05, 0) is 35.9 Å². The maximum atomic E-state index is 13.1. The molecule has 27 heavy (non-hydrogen) atoms. The number of nitrogens with one attached hydrogen (secondary N) is 1. The molecule has 0 aliphatic heterocycles. The van der Waals surface area contributed by atoms with Crippen molar-refractivity contribution in [3.63, 3.8) is 0 Å². The summed E-state index contributed by atoms with van der Waals surface area (Å²) in [7, 11) is -3.89. The highest BCUT2D eigenvalue weighted by atomic mass is 35.5. The molecule has 1 N–H and O–H groups in total. The fourth-order valence-corrected chi connectivity index (χ4v) is 3.86. The van der Waals surface area contributed by atoms with Crippen molar-refractivity contribution in [2.24, 2.45) is 0 Å². The first-order chi connectivity index (χ1) is 12.7. The second-order valence-corrected chi connectivity index (χ2v) is 7.75. The lowest BCUT2D eigenvalue weighted by atomic mass is 10.0. The minimum absolute atomic E-state index is 0.0480. The molecule has 3 aromatic rings. The maximum Gasteiger partial charge on any atom is 0.417 e. The molecule has 0 spiro atoms. The van der Waals surface area contributed by atoms with Gasteiger partial charge in [0, 0.05) is 5.56 Å². The number of rotatable bonds is 4. The molecule has 3 nitrogen and oxygen atoms in total. The SMILES string of the molecule is O=S(=O)(Nc1ccccc1-c1ccc(Cl)c(C(F)(F)F)c1)c1ccccc1. The highest BCUT2D eigenvalue weighted by molar-refractivity contribution is 7.92. The van der Waals surface area contributed by atoms with E-state index in [2.05, 4.69) is 4.72 Å². The van der Waals surface area contributed by atoms with Gasteiger partial charge in [-0.2, -0.15) is 13.2 Å². The van der Waals surface area contributed by atoms with E-state index >= 15 is 0 Å². The lowest BCUT2D eigenvalue weighted by Crippen LogP contribution is -2.13. The Morgan fingerprint density at radius 3 is 2.15 bits per heavy atom. The first-order valence-corrected chi connectivity index (χ1v) is 9.58. The quantitative estimate of drug-likeness (QED) is 0.587. The first-order valence-electron chi connectivity index (χ1n) is 7.72. The summed E-state index contributed by atoms with van der Waals surface area (Å²) in [5, 5.41) is -0.423. The van der Waals surface area contributed by atoms with Gasteiger partial charge in [0.05, 0.1) is 21.2 Å². The van der Waals surface area contributed by atoms with Gasteiger partial charge in [-0.15, -0.1) is 0 Å². The number of sulfonamides is 1. The highest BCUT2D eigenvalue weighted by Gasteiger charge is 2.33. The largest absolute Gasteiger partial charge is 0.417 e. The monoisotopic (exact) mass is 411 g/mol. The van der Waals surface area contributed by atoms with Gasteiger partial charge in [0.25, 0.3) is 10.0 Å². The molecular formula is C19H13ClF3NO2S. The van der Waals surface area contributed by atoms with Crippen molar-refractivity contribution in [2.45, 2.75) is 11.1 Å². The highest BCUT2D eigenvalue weighted by Crippen LogP contribution is 2.38. The summed E-state index contributed by atoms with van der Waals surface area (Å²) in [4.78, 5) is 0.0480. The molecule has 0 radical (unpaired) electrons. The zero-order valence-electron chi connectivity index (χ0n) is 13.7. The molecule has 0 aromatic heterocycles. The molecule has 0 saturated carbocycles. The lowest BCUT2D eigenvalue weighted by Gasteiger charge is -2.15. The number of para-hydroxylation sites is 1. The number of anilines is 1. The Morgan fingerprint density at radius 1 is 0.852 bits per heavy atom. The standard InChI is InChI=1S/C19H13ClF3NO2S/c20-17-11-10-13(12-16(17)19(21,22)23)15-8-4-5-9-18(15)24-27(25,26)14-6-2-1-3-7-14/h1-12,24H. The van der Waals surface area contributed by atoms with Crippen LogP contribution in [-0.2, 0) is 16.2 Å². The van der Waals surface area contributed by atoms with Crippen molar-refractivity contribution >= 4 is 27.3 Å². The Labute approximate surface area is 159 Å². The molecule has 0 saturated heterocycles. The summed E-state index contributed by atoms with van der Waals surface area (Å²) in [6.45, 7) is 0. The van der Waals surface area contributed by atoms with Gasteiger partial charge >= 0.3 is 6.18 Å². The molecule has 0 bridgehead atoms. The molecule has 3 rings (SSSR count). The van der Waals surface area contributed by atoms with E-state index in [0.29, 0.717) is 5.56 Å². The van der Waals surface area contributed by atoms with Gasteiger partial charge < -0.3 is 0 Å². The van der Waals surface area contributed by atoms with Crippen molar-refractivity contribution in [2.75, 3.05) is 4.72 Å². The first kappa shape index (κ1) is 19.3. The fourth-order valence-electron chi connectivity index (χ4n) is 2.54. The molecule has 0 atom stereocenters. The third-order valence-electron chi connectivity index (χ3n) is 3.81. The molecule has 0 aliphatic rings. The van der Waals surface area contributed by atoms with Crippen molar-refractivity contribution in [3.05, 3.63) is 83.4 Å². The summed E-state index contributed by atoms with van der Waals surface area (Å²) in [5.74, 6) is 0. The van der Waals surface area contributed by atoms with Gasteiger partial charge in [0.2, 0.25) is 0 Å². The molecular weight excluding hydrogens is 399 g/mol. The zero-order valence-corrected chi connectivity index (χ0v) is 15.2. The topological polar surface area (TPSA) is 46.2 Å². The van der Waals surface area contributed by atoms with Crippen molar-refractivity contribution in [1.82, 2.24) is 0 Å². The van der Waals surface area contributed by atoms with Crippen molar-refractivity contribution in [3.8, 4) is 11.1 Å². The summed E-state index contributed by atoms with van der Waals surface area (Å²) >= 11 is 5.66. The minimum atomic E-state index is -4.62. The van der Waals surface area contributed by atoms with Crippen molar-refractivity contribution in [1.29, 1.82) is 0 Å². The average Bonchev–Trinajstić information content (AvgIpc) is 2.62. The molecule has 8 heteroatoms. The molecule has 0 fully saturated rings. The minimum Gasteiger partial charge on any atom is -0.279 e. The van der Waals surface area contributed by atoms with Gasteiger partial charge in [-0.3, -0.25) is 4.72 Å². The Hall–Kier alpha value is -2.51. The van der Waals surface area contributed by atoms with Crippen LogP contribution in [0.1, 0.15) is 5.56 Å². The van der Waals surface area contributed by atoms with E-state index in [-0.39, 0.29) is 16.1 Å². The molecule has 140 valence electrons. The van der Waals surface area contributed by atoms with E-state index in [1.807, 2.05) is 0 Å². The molecule has 0 heterocycles. The van der Waals surface area contributed by atoms with Gasteiger partial charge in [0.1, 0.15) is 0 Å². The third kappa shape index (κ3) is 4.26. The van der Waals surface area contributed by atoms with Crippen LogP contribution in [0, 0.1) is 0 Å². The van der Waals surface area contributed by atoms with Gasteiger partial charge in [-0.1, -0.05) is 54.1 Å². The number of hydrogen-bond donors (Lipinski definition) is 1. The second-order valence-electron chi connectivity index (χ2n) is 5.66. The van der Waals surface area contributed by atoms with Crippen LogP contribution in [0.3, 0.4) is 0 Å².